The summed E-state index contributed by atoms with van der Waals surface area (Å²) in [5, 5.41) is 6.48. The summed E-state index contributed by atoms with van der Waals surface area (Å²) in [6, 6.07) is 14.8. The van der Waals surface area contributed by atoms with Crippen LogP contribution in [0.15, 0.2) is 48.7 Å². The number of piperazine rings is 1. The Hall–Kier alpha value is -3.12. The van der Waals surface area contributed by atoms with E-state index in [-0.39, 0.29) is 11.3 Å². The smallest absolute Gasteiger partial charge is 0.253 e. The Kier molecular flexibility index (Phi) is 4.35. The molecule has 6 heteroatoms. The number of rotatable bonds is 3. The molecule has 1 aliphatic carbocycles. The van der Waals surface area contributed by atoms with Crippen LogP contribution in [-0.2, 0) is 5.41 Å². The monoisotopic (exact) mass is 413 g/mol. The molecule has 2 aliphatic heterocycles. The zero-order chi connectivity index (χ0) is 20.8. The van der Waals surface area contributed by atoms with Gasteiger partial charge in [0.2, 0.25) is 0 Å². The fraction of sp³-hybridized carbons (Fsp3) is 0.360. The zero-order valence-electron chi connectivity index (χ0n) is 17.6. The average Bonchev–Trinajstić information content (AvgIpc) is 3.26. The third-order valence-electron chi connectivity index (χ3n) is 7.21. The highest BCUT2D eigenvalue weighted by Gasteiger charge is 2.45. The van der Waals surface area contributed by atoms with Gasteiger partial charge in [0.15, 0.2) is 0 Å². The Balaban J connectivity index is 1.30. The van der Waals surface area contributed by atoms with E-state index in [9.17, 15) is 4.79 Å². The van der Waals surface area contributed by atoms with Crippen molar-refractivity contribution in [1.82, 2.24) is 20.6 Å². The number of carbonyl (C=O) groups excluding carboxylic acids is 1. The normalized spacial score (nSPS) is 19.6. The van der Waals surface area contributed by atoms with E-state index in [1.165, 1.54) is 12.1 Å². The van der Waals surface area contributed by atoms with Crippen molar-refractivity contribution in [3.05, 3.63) is 59.9 Å². The molecule has 2 aromatic heterocycles. The Bertz CT molecular complexity index is 1120. The molecule has 0 unspecified atom stereocenters. The quantitative estimate of drug-likeness (QED) is 0.616. The van der Waals surface area contributed by atoms with Crippen molar-refractivity contribution in [1.29, 1.82) is 0 Å². The van der Waals surface area contributed by atoms with E-state index in [1.54, 1.807) is 0 Å². The highest BCUT2D eigenvalue weighted by Crippen LogP contribution is 2.46. The van der Waals surface area contributed by atoms with Crippen LogP contribution >= 0.6 is 0 Å². The number of nitrogens with zero attached hydrogens (tertiary/aromatic N) is 2. The lowest BCUT2D eigenvalue weighted by atomic mass is 9.64. The van der Waals surface area contributed by atoms with E-state index < -0.39 is 0 Å². The summed E-state index contributed by atoms with van der Waals surface area (Å²) in [4.78, 5) is 23.1. The summed E-state index contributed by atoms with van der Waals surface area (Å²) < 4.78 is 0. The van der Waals surface area contributed by atoms with Crippen LogP contribution < -0.4 is 15.5 Å². The largest absolute Gasteiger partial charge is 0.369 e. The molecule has 0 radical (unpaired) electrons. The van der Waals surface area contributed by atoms with Gasteiger partial charge in [-0.05, 0) is 43.2 Å². The molecule has 31 heavy (non-hydrogen) atoms. The van der Waals surface area contributed by atoms with Gasteiger partial charge in [0.1, 0.15) is 0 Å². The number of amides is 1. The Morgan fingerprint density at radius 3 is 2.52 bits per heavy atom. The third kappa shape index (κ3) is 3.13. The van der Waals surface area contributed by atoms with Crippen molar-refractivity contribution in [3.8, 4) is 22.5 Å². The maximum Gasteiger partial charge on any atom is 0.253 e. The molecule has 0 bridgehead atoms. The van der Waals surface area contributed by atoms with Gasteiger partial charge in [0.25, 0.3) is 5.91 Å². The predicted molar refractivity (Wildman–Crippen MR) is 122 cm³/mol. The number of anilines is 1. The lowest BCUT2D eigenvalue weighted by Gasteiger charge is -2.44. The maximum absolute atomic E-state index is 12.5. The minimum atomic E-state index is 0.0350. The van der Waals surface area contributed by atoms with Gasteiger partial charge in [0.05, 0.1) is 11.3 Å². The highest BCUT2D eigenvalue weighted by atomic mass is 16.1. The first-order chi connectivity index (χ1) is 15.2. The number of aromatic amines is 1. The molecular weight excluding hydrogens is 386 g/mol. The number of nitrogens with one attached hydrogen (secondary N) is 3. The fourth-order valence-corrected chi connectivity index (χ4v) is 5.19. The van der Waals surface area contributed by atoms with Crippen molar-refractivity contribution in [2.45, 2.75) is 24.7 Å². The van der Waals surface area contributed by atoms with Gasteiger partial charge in [0, 0.05) is 72.5 Å². The summed E-state index contributed by atoms with van der Waals surface area (Å²) in [6.45, 7) is 4.90. The second-order valence-electron chi connectivity index (χ2n) is 9.00. The molecule has 6 nitrogen and oxygen atoms in total. The zero-order valence-corrected chi connectivity index (χ0v) is 17.6. The average molecular weight is 414 g/mol. The first kappa shape index (κ1) is 18.6. The number of benzene rings is 1. The predicted octanol–water partition coefficient (Wildman–Crippen LogP) is 3.32. The minimum absolute atomic E-state index is 0.0350. The Labute approximate surface area is 182 Å². The molecule has 1 saturated heterocycles. The van der Waals surface area contributed by atoms with Gasteiger partial charge in [-0.3, -0.25) is 9.78 Å². The van der Waals surface area contributed by atoms with Gasteiger partial charge in [-0.25, -0.2) is 0 Å². The molecule has 3 N–H and O–H groups in total. The molecule has 1 spiro atoms. The topological polar surface area (TPSA) is 73.0 Å². The molecule has 3 aromatic rings. The molecule has 0 atom stereocenters. The van der Waals surface area contributed by atoms with Gasteiger partial charge in [-0.2, -0.15) is 0 Å². The van der Waals surface area contributed by atoms with Crippen molar-refractivity contribution >= 4 is 11.6 Å². The van der Waals surface area contributed by atoms with Crippen molar-refractivity contribution in [3.63, 3.8) is 0 Å². The van der Waals surface area contributed by atoms with Crippen LogP contribution in [-0.4, -0.2) is 48.6 Å². The first-order valence-corrected chi connectivity index (χ1v) is 11.3. The lowest BCUT2D eigenvalue weighted by molar-refractivity contribution is 0.0893. The summed E-state index contributed by atoms with van der Waals surface area (Å²) in [7, 11) is 0. The number of pyridine rings is 1. The SMILES string of the molecule is O=C1NCC2(CCC2)c2[nH]c(-c3ccnc(-c4ccc(N5CCNCC5)cc4)c3)cc21. The van der Waals surface area contributed by atoms with Crippen LogP contribution in [0.1, 0.15) is 35.3 Å². The summed E-state index contributed by atoms with van der Waals surface area (Å²) >= 11 is 0. The Morgan fingerprint density at radius 2 is 1.77 bits per heavy atom. The van der Waals surface area contributed by atoms with Crippen LogP contribution in [0.4, 0.5) is 5.69 Å². The standard InChI is InChI=1S/C25H27N5O/c31-24-20-15-22(29-23(20)25(16-28-24)7-1-8-25)18-6-9-27-21(14-18)17-2-4-19(5-3-17)30-12-10-26-11-13-30/h2-6,9,14-15,26,29H,1,7-8,10-13,16H2,(H,28,31). The van der Waals surface area contributed by atoms with E-state index >= 15 is 0 Å². The molecule has 6 rings (SSSR count). The van der Waals surface area contributed by atoms with E-state index in [1.807, 2.05) is 18.3 Å². The van der Waals surface area contributed by atoms with Crippen LogP contribution in [0.5, 0.6) is 0 Å². The number of aromatic nitrogens is 2. The lowest BCUT2D eigenvalue weighted by Crippen LogP contribution is -2.50. The molecule has 158 valence electrons. The van der Waals surface area contributed by atoms with Crippen LogP contribution in [0.2, 0.25) is 0 Å². The molecule has 2 fully saturated rings. The van der Waals surface area contributed by atoms with E-state index in [4.69, 9.17) is 0 Å². The van der Waals surface area contributed by atoms with Crippen molar-refractivity contribution in [2.75, 3.05) is 37.6 Å². The molecule has 4 heterocycles. The number of hydrogen-bond acceptors (Lipinski definition) is 4. The van der Waals surface area contributed by atoms with E-state index in [0.717, 1.165) is 79.3 Å². The van der Waals surface area contributed by atoms with E-state index in [0.29, 0.717) is 0 Å². The highest BCUT2D eigenvalue weighted by molar-refractivity contribution is 5.98. The van der Waals surface area contributed by atoms with Crippen LogP contribution in [0.3, 0.4) is 0 Å². The second kappa shape index (κ2) is 7.24. The van der Waals surface area contributed by atoms with Gasteiger partial charge >= 0.3 is 0 Å². The summed E-state index contributed by atoms with van der Waals surface area (Å²) in [5.41, 5.74) is 7.40. The number of H-pyrrole nitrogens is 1. The third-order valence-corrected chi connectivity index (χ3v) is 7.21. The van der Waals surface area contributed by atoms with Crippen LogP contribution in [0.25, 0.3) is 22.5 Å². The molecule has 3 aliphatic rings. The van der Waals surface area contributed by atoms with Crippen LogP contribution in [0, 0.1) is 0 Å². The molecule has 1 amide bonds. The minimum Gasteiger partial charge on any atom is -0.369 e. The number of hydrogen-bond donors (Lipinski definition) is 3. The van der Waals surface area contributed by atoms with Crippen molar-refractivity contribution in [2.24, 2.45) is 0 Å². The molecule has 1 saturated carbocycles. The number of carbonyl (C=O) groups is 1. The van der Waals surface area contributed by atoms with Crippen molar-refractivity contribution < 1.29 is 4.79 Å². The Morgan fingerprint density at radius 1 is 0.968 bits per heavy atom. The molecular formula is C25H27N5O. The molecule has 1 aromatic carbocycles. The summed E-state index contributed by atoms with van der Waals surface area (Å²) in [6.07, 6.45) is 5.36. The van der Waals surface area contributed by atoms with Gasteiger partial charge in [-0.15, -0.1) is 0 Å². The summed E-state index contributed by atoms with van der Waals surface area (Å²) in [5.74, 6) is 0.0350. The van der Waals surface area contributed by atoms with Gasteiger partial charge < -0.3 is 20.5 Å². The second-order valence-corrected chi connectivity index (χ2v) is 9.00. The van der Waals surface area contributed by atoms with Gasteiger partial charge in [-0.1, -0.05) is 18.6 Å². The number of fused-ring (bicyclic) bond motifs is 2. The fourth-order valence-electron chi connectivity index (χ4n) is 5.19. The first-order valence-electron chi connectivity index (χ1n) is 11.3. The van der Waals surface area contributed by atoms with E-state index in [2.05, 4.69) is 55.8 Å². The maximum atomic E-state index is 12.5.